The van der Waals surface area contributed by atoms with Crippen LogP contribution < -0.4 is 16.4 Å². The van der Waals surface area contributed by atoms with Gasteiger partial charge in [0.25, 0.3) is 0 Å². The van der Waals surface area contributed by atoms with Crippen molar-refractivity contribution < 1.29 is 9.59 Å². The van der Waals surface area contributed by atoms with Crippen LogP contribution in [0.3, 0.4) is 0 Å². The van der Waals surface area contributed by atoms with Gasteiger partial charge in [-0.3, -0.25) is 9.59 Å². The third kappa shape index (κ3) is 4.18. The molecule has 18 heavy (non-hydrogen) atoms. The predicted octanol–water partition coefficient (Wildman–Crippen LogP) is 0.247. The molecule has 0 aromatic heterocycles. The summed E-state index contributed by atoms with van der Waals surface area (Å²) in [4.78, 5) is 22.9. The summed E-state index contributed by atoms with van der Waals surface area (Å²) in [5.74, 6) is -1.30. The first-order valence-corrected chi connectivity index (χ1v) is 5.90. The van der Waals surface area contributed by atoms with Crippen molar-refractivity contribution in [3.63, 3.8) is 0 Å². The largest absolute Gasteiger partial charge is 0.347 e. The molecule has 5 nitrogen and oxygen atoms in total. The fraction of sp³-hybridized carbons (Fsp3) is 0.385. The summed E-state index contributed by atoms with van der Waals surface area (Å²) in [6, 6.07) is 7.58. The van der Waals surface area contributed by atoms with E-state index >= 15 is 0 Å². The van der Waals surface area contributed by atoms with Crippen molar-refractivity contribution in [3.05, 3.63) is 35.4 Å². The molecule has 4 N–H and O–H groups in total. The maximum Gasteiger partial charge on any atom is 0.309 e. The van der Waals surface area contributed by atoms with E-state index in [-0.39, 0.29) is 6.04 Å². The zero-order valence-electron chi connectivity index (χ0n) is 10.7. The van der Waals surface area contributed by atoms with Gasteiger partial charge in [0.2, 0.25) is 0 Å². The van der Waals surface area contributed by atoms with Crippen molar-refractivity contribution in [2.24, 2.45) is 5.73 Å². The summed E-state index contributed by atoms with van der Waals surface area (Å²) in [6.07, 6.45) is 0. The number of nitrogens with one attached hydrogen (secondary N) is 2. The van der Waals surface area contributed by atoms with E-state index in [2.05, 4.69) is 10.6 Å². The zero-order valence-corrected chi connectivity index (χ0v) is 10.7. The lowest BCUT2D eigenvalue weighted by Gasteiger charge is -2.14. The first-order chi connectivity index (χ1) is 8.54. The van der Waals surface area contributed by atoms with Crippen LogP contribution in [-0.4, -0.2) is 24.9 Å². The first-order valence-electron chi connectivity index (χ1n) is 5.90. The van der Waals surface area contributed by atoms with Gasteiger partial charge in [-0.15, -0.1) is 0 Å². The Morgan fingerprint density at radius 1 is 1.22 bits per heavy atom. The summed E-state index contributed by atoms with van der Waals surface area (Å²) in [7, 11) is 0. The number of benzene rings is 1. The van der Waals surface area contributed by atoms with Crippen LogP contribution in [0.1, 0.15) is 24.1 Å². The number of carbonyl (C=O) groups excluding carboxylic acids is 2. The number of carbonyl (C=O) groups is 2. The molecule has 0 aliphatic rings. The molecule has 2 amide bonds. The molecule has 0 aliphatic carbocycles. The highest BCUT2D eigenvalue weighted by Crippen LogP contribution is 2.12. The molecule has 0 saturated heterocycles. The van der Waals surface area contributed by atoms with Gasteiger partial charge >= 0.3 is 11.8 Å². The Morgan fingerprint density at radius 3 is 2.39 bits per heavy atom. The summed E-state index contributed by atoms with van der Waals surface area (Å²) in [6.45, 7) is 4.43. The number of aryl methyl sites for hydroxylation is 1. The molecule has 0 radical (unpaired) electrons. The molecule has 0 heterocycles. The molecular weight excluding hydrogens is 230 g/mol. The standard InChI is InChI=1S/C13H19N3O2/c1-9-3-5-11(6-4-9)10(2)16-13(18)12(17)15-8-7-14/h3-6,10H,7-8,14H2,1-2H3,(H,15,17)(H,16,18). The summed E-state index contributed by atoms with van der Waals surface area (Å²) in [5.41, 5.74) is 7.35. The van der Waals surface area contributed by atoms with Crippen LogP contribution in [0.4, 0.5) is 0 Å². The molecule has 1 aromatic carbocycles. The highest BCUT2D eigenvalue weighted by Gasteiger charge is 2.16. The van der Waals surface area contributed by atoms with Crippen LogP contribution in [0.2, 0.25) is 0 Å². The molecule has 0 bridgehead atoms. The molecule has 0 aliphatic heterocycles. The maximum absolute atomic E-state index is 11.5. The second-order valence-corrected chi connectivity index (χ2v) is 4.15. The third-order valence-electron chi connectivity index (χ3n) is 2.56. The lowest BCUT2D eigenvalue weighted by Crippen LogP contribution is -2.42. The maximum atomic E-state index is 11.5. The average Bonchev–Trinajstić information content (AvgIpc) is 2.36. The molecule has 0 saturated carbocycles. The Balaban J connectivity index is 2.53. The number of nitrogens with two attached hydrogens (primary N) is 1. The van der Waals surface area contributed by atoms with Gasteiger partial charge in [-0.25, -0.2) is 0 Å². The number of hydrogen-bond donors (Lipinski definition) is 3. The highest BCUT2D eigenvalue weighted by atomic mass is 16.2. The molecule has 1 atom stereocenters. The van der Waals surface area contributed by atoms with Gasteiger partial charge in [0.15, 0.2) is 0 Å². The Labute approximate surface area is 107 Å². The molecule has 1 rings (SSSR count). The quantitative estimate of drug-likeness (QED) is 0.669. The third-order valence-corrected chi connectivity index (χ3v) is 2.56. The molecule has 1 aromatic rings. The summed E-state index contributed by atoms with van der Waals surface area (Å²) in [5, 5.41) is 5.05. The minimum Gasteiger partial charge on any atom is -0.347 e. The van der Waals surface area contributed by atoms with Gasteiger partial charge in [0.05, 0.1) is 6.04 Å². The van der Waals surface area contributed by atoms with Gasteiger partial charge < -0.3 is 16.4 Å². The second-order valence-electron chi connectivity index (χ2n) is 4.15. The summed E-state index contributed by atoms with van der Waals surface area (Å²) >= 11 is 0. The van der Waals surface area contributed by atoms with Crippen molar-refractivity contribution >= 4 is 11.8 Å². The van der Waals surface area contributed by atoms with Crippen molar-refractivity contribution in [1.29, 1.82) is 0 Å². The fourth-order valence-corrected chi connectivity index (χ4v) is 1.47. The van der Waals surface area contributed by atoms with Gasteiger partial charge in [0, 0.05) is 13.1 Å². The van der Waals surface area contributed by atoms with Crippen molar-refractivity contribution in [2.45, 2.75) is 19.9 Å². The van der Waals surface area contributed by atoms with E-state index in [4.69, 9.17) is 5.73 Å². The SMILES string of the molecule is Cc1ccc(C(C)NC(=O)C(=O)NCCN)cc1. The van der Waals surface area contributed by atoms with E-state index in [0.717, 1.165) is 11.1 Å². The van der Waals surface area contributed by atoms with E-state index in [9.17, 15) is 9.59 Å². The van der Waals surface area contributed by atoms with Crippen molar-refractivity contribution in [1.82, 2.24) is 10.6 Å². The molecule has 98 valence electrons. The minimum atomic E-state index is -0.653. The fourth-order valence-electron chi connectivity index (χ4n) is 1.47. The molecule has 1 unspecified atom stereocenters. The number of amides is 2. The van der Waals surface area contributed by atoms with Crippen molar-refractivity contribution in [3.8, 4) is 0 Å². The Hall–Kier alpha value is -1.88. The Kier molecular flexibility index (Phi) is 5.32. The van der Waals surface area contributed by atoms with Gasteiger partial charge in [-0.2, -0.15) is 0 Å². The Morgan fingerprint density at radius 2 is 1.83 bits per heavy atom. The Bertz CT molecular complexity index is 415. The lowest BCUT2D eigenvalue weighted by molar-refractivity contribution is -0.139. The smallest absolute Gasteiger partial charge is 0.309 e. The molecule has 5 heteroatoms. The van der Waals surface area contributed by atoms with E-state index in [1.165, 1.54) is 0 Å². The molecule has 0 fully saturated rings. The van der Waals surface area contributed by atoms with Crippen LogP contribution in [-0.2, 0) is 9.59 Å². The van der Waals surface area contributed by atoms with Crippen LogP contribution in [0.5, 0.6) is 0 Å². The topological polar surface area (TPSA) is 84.2 Å². The number of rotatable bonds is 4. The van der Waals surface area contributed by atoms with E-state index in [0.29, 0.717) is 13.1 Å². The second kappa shape index (κ2) is 6.76. The van der Waals surface area contributed by atoms with Crippen LogP contribution >= 0.6 is 0 Å². The van der Waals surface area contributed by atoms with E-state index in [1.54, 1.807) is 0 Å². The average molecular weight is 249 g/mol. The lowest BCUT2D eigenvalue weighted by atomic mass is 10.1. The molecular formula is C13H19N3O2. The monoisotopic (exact) mass is 249 g/mol. The molecule has 0 spiro atoms. The first kappa shape index (κ1) is 14.2. The summed E-state index contributed by atoms with van der Waals surface area (Å²) < 4.78 is 0. The normalized spacial score (nSPS) is 11.7. The zero-order chi connectivity index (χ0) is 13.5. The van der Waals surface area contributed by atoms with Gasteiger partial charge in [-0.1, -0.05) is 29.8 Å². The highest BCUT2D eigenvalue weighted by molar-refractivity contribution is 6.35. The minimum absolute atomic E-state index is 0.207. The van der Waals surface area contributed by atoms with Crippen molar-refractivity contribution in [2.75, 3.05) is 13.1 Å². The van der Waals surface area contributed by atoms with E-state index < -0.39 is 11.8 Å². The van der Waals surface area contributed by atoms with E-state index in [1.807, 2.05) is 38.1 Å². The van der Waals surface area contributed by atoms with Gasteiger partial charge in [-0.05, 0) is 19.4 Å². The van der Waals surface area contributed by atoms with Gasteiger partial charge in [0.1, 0.15) is 0 Å². The van der Waals surface area contributed by atoms with Crippen LogP contribution in [0.25, 0.3) is 0 Å². The predicted molar refractivity (Wildman–Crippen MR) is 69.8 cm³/mol. The number of hydrogen-bond acceptors (Lipinski definition) is 3. The van der Waals surface area contributed by atoms with Crippen LogP contribution in [0, 0.1) is 6.92 Å². The van der Waals surface area contributed by atoms with Crippen LogP contribution in [0.15, 0.2) is 24.3 Å².